The molecule has 0 bridgehead atoms. The summed E-state index contributed by atoms with van der Waals surface area (Å²) in [5.74, 6) is 1.34. The fourth-order valence-electron chi connectivity index (χ4n) is 1.49. The molecule has 5 nitrogen and oxygen atoms in total. The van der Waals surface area contributed by atoms with E-state index in [9.17, 15) is 4.79 Å². The maximum atomic E-state index is 11.3. The molecule has 90 valence electrons. The average molecular weight is 233 g/mol. The summed E-state index contributed by atoms with van der Waals surface area (Å²) in [7, 11) is 1.61. The third-order valence-corrected chi connectivity index (χ3v) is 2.35. The van der Waals surface area contributed by atoms with E-state index in [1.54, 1.807) is 7.05 Å². The largest absolute Gasteiger partial charge is 0.494 e. The number of aryl methyl sites for hydroxylation is 1. The second-order valence-corrected chi connectivity index (χ2v) is 3.78. The van der Waals surface area contributed by atoms with Gasteiger partial charge in [0, 0.05) is 12.6 Å². The first-order valence-electron chi connectivity index (χ1n) is 5.57. The van der Waals surface area contributed by atoms with E-state index in [2.05, 4.69) is 17.0 Å². The monoisotopic (exact) mass is 233 g/mol. The molecule has 2 aromatic rings. The van der Waals surface area contributed by atoms with Crippen LogP contribution < -0.4 is 10.4 Å². The van der Waals surface area contributed by atoms with Crippen LogP contribution >= 0.6 is 0 Å². The summed E-state index contributed by atoms with van der Waals surface area (Å²) in [4.78, 5) is 14.0. The van der Waals surface area contributed by atoms with E-state index >= 15 is 0 Å². The van der Waals surface area contributed by atoms with Crippen LogP contribution in [0, 0.1) is 0 Å². The van der Waals surface area contributed by atoms with Crippen LogP contribution in [0.25, 0.3) is 11.4 Å². The van der Waals surface area contributed by atoms with Crippen molar-refractivity contribution >= 4 is 0 Å². The smallest absolute Gasteiger partial charge is 0.343 e. The molecule has 0 aliphatic carbocycles. The normalized spacial score (nSPS) is 10.5. The van der Waals surface area contributed by atoms with Crippen LogP contribution in [0.2, 0.25) is 0 Å². The van der Waals surface area contributed by atoms with Gasteiger partial charge in [-0.15, -0.1) is 0 Å². The molecular weight excluding hydrogens is 218 g/mol. The zero-order chi connectivity index (χ0) is 12.3. The first-order valence-corrected chi connectivity index (χ1v) is 5.57. The molecule has 1 N–H and O–H groups in total. The quantitative estimate of drug-likeness (QED) is 0.871. The Morgan fingerprint density at radius 2 is 2.29 bits per heavy atom. The molecular formula is C12H15N3O2. The lowest BCUT2D eigenvalue weighted by Gasteiger charge is -2.05. The molecule has 2 rings (SSSR count). The molecule has 0 saturated heterocycles. The standard InChI is InChI=1S/C12H15N3O2/c1-3-7-17-10-6-4-5-9(8-10)11-13-12(16)15(2)14-11/h4-6,8H,3,7H2,1-2H3,(H,13,14,16). The SMILES string of the molecule is CCCOc1cccc(-c2nn(C)c(=O)[nH]2)c1. The Morgan fingerprint density at radius 3 is 2.94 bits per heavy atom. The van der Waals surface area contributed by atoms with Gasteiger partial charge in [-0.2, -0.15) is 5.10 Å². The van der Waals surface area contributed by atoms with Crippen LogP contribution in [0.4, 0.5) is 0 Å². The van der Waals surface area contributed by atoms with Gasteiger partial charge >= 0.3 is 5.69 Å². The molecule has 0 fully saturated rings. The third-order valence-electron chi connectivity index (χ3n) is 2.35. The Labute approximate surface area is 99.1 Å². The van der Waals surface area contributed by atoms with E-state index < -0.39 is 0 Å². The Hall–Kier alpha value is -2.04. The highest BCUT2D eigenvalue weighted by Crippen LogP contribution is 2.20. The minimum atomic E-state index is -0.222. The van der Waals surface area contributed by atoms with Crippen molar-refractivity contribution in [2.75, 3.05) is 6.61 Å². The van der Waals surface area contributed by atoms with E-state index in [1.165, 1.54) is 4.68 Å². The second kappa shape index (κ2) is 4.86. The molecule has 0 spiro atoms. The minimum Gasteiger partial charge on any atom is -0.494 e. The van der Waals surface area contributed by atoms with E-state index in [-0.39, 0.29) is 5.69 Å². The zero-order valence-corrected chi connectivity index (χ0v) is 9.93. The number of H-pyrrole nitrogens is 1. The van der Waals surface area contributed by atoms with Crippen LogP contribution in [-0.2, 0) is 7.05 Å². The Morgan fingerprint density at radius 1 is 1.47 bits per heavy atom. The number of nitrogens with zero attached hydrogens (tertiary/aromatic N) is 2. The first-order chi connectivity index (χ1) is 8.20. The molecule has 0 amide bonds. The zero-order valence-electron chi connectivity index (χ0n) is 9.93. The number of hydrogen-bond donors (Lipinski definition) is 1. The fourth-order valence-corrected chi connectivity index (χ4v) is 1.49. The number of aromatic amines is 1. The molecule has 1 heterocycles. The third kappa shape index (κ3) is 2.55. The van der Waals surface area contributed by atoms with Gasteiger partial charge in [0.2, 0.25) is 0 Å². The van der Waals surface area contributed by atoms with Gasteiger partial charge < -0.3 is 4.74 Å². The predicted molar refractivity (Wildman–Crippen MR) is 65.1 cm³/mol. The summed E-state index contributed by atoms with van der Waals surface area (Å²) in [5.41, 5.74) is 0.621. The summed E-state index contributed by atoms with van der Waals surface area (Å²) >= 11 is 0. The highest BCUT2D eigenvalue weighted by Gasteiger charge is 2.05. The molecule has 0 atom stereocenters. The van der Waals surface area contributed by atoms with Gasteiger partial charge in [-0.3, -0.25) is 4.98 Å². The Kier molecular flexibility index (Phi) is 3.27. The summed E-state index contributed by atoms with van der Waals surface area (Å²) in [6, 6.07) is 7.53. The maximum Gasteiger partial charge on any atom is 0.343 e. The number of rotatable bonds is 4. The lowest BCUT2D eigenvalue weighted by molar-refractivity contribution is 0.317. The van der Waals surface area contributed by atoms with E-state index in [4.69, 9.17) is 4.74 Å². The van der Waals surface area contributed by atoms with Crippen LogP contribution in [0.1, 0.15) is 13.3 Å². The van der Waals surface area contributed by atoms with Gasteiger partial charge in [-0.1, -0.05) is 19.1 Å². The highest BCUT2D eigenvalue weighted by molar-refractivity contribution is 5.56. The molecule has 5 heteroatoms. The van der Waals surface area contributed by atoms with Crippen LogP contribution in [0.15, 0.2) is 29.1 Å². The topological polar surface area (TPSA) is 59.9 Å². The van der Waals surface area contributed by atoms with E-state index in [0.717, 1.165) is 17.7 Å². The number of aromatic nitrogens is 3. The molecule has 0 aliphatic heterocycles. The summed E-state index contributed by atoms with van der Waals surface area (Å²) in [6.45, 7) is 2.74. The van der Waals surface area contributed by atoms with Crippen molar-refractivity contribution < 1.29 is 4.74 Å². The minimum absolute atomic E-state index is 0.222. The maximum absolute atomic E-state index is 11.3. The van der Waals surface area contributed by atoms with Crippen molar-refractivity contribution in [3.8, 4) is 17.1 Å². The molecule has 0 saturated carbocycles. The molecule has 0 aliphatic rings. The Bertz CT molecular complexity index is 557. The van der Waals surface area contributed by atoms with Gasteiger partial charge in [0.1, 0.15) is 5.75 Å². The molecule has 17 heavy (non-hydrogen) atoms. The number of hydrogen-bond acceptors (Lipinski definition) is 3. The molecule has 0 radical (unpaired) electrons. The Balaban J connectivity index is 2.29. The van der Waals surface area contributed by atoms with E-state index in [1.807, 2.05) is 24.3 Å². The van der Waals surface area contributed by atoms with Crippen molar-refractivity contribution in [3.63, 3.8) is 0 Å². The van der Waals surface area contributed by atoms with Crippen molar-refractivity contribution in [2.45, 2.75) is 13.3 Å². The van der Waals surface area contributed by atoms with Crippen molar-refractivity contribution in [1.82, 2.24) is 14.8 Å². The number of nitrogens with one attached hydrogen (secondary N) is 1. The second-order valence-electron chi connectivity index (χ2n) is 3.78. The average Bonchev–Trinajstić information content (AvgIpc) is 2.68. The van der Waals surface area contributed by atoms with Crippen LogP contribution in [0.5, 0.6) is 5.75 Å². The van der Waals surface area contributed by atoms with Crippen LogP contribution in [-0.4, -0.2) is 21.4 Å². The first kappa shape index (κ1) is 11.4. The van der Waals surface area contributed by atoms with Gasteiger partial charge in [-0.05, 0) is 18.6 Å². The summed E-state index contributed by atoms with van der Waals surface area (Å²) in [6.07, 6.45) is 0.963. The lowest BCUT2D eigenvalue weighted by atomic mass is 10.2. The summed E-state index contributed by atoms with van der Waals surface area (Å²) in [5, 5.41) is 4.09. The van der Waals surface area contributed by atoms with Gasteiger partial charge in [0.25, 0.3) is 0 Å². The van der Waals surface area contributed by atoms with Crippen molar-refractivity contribution in [1.29, 1.82) is 0 Å². The summed E-state index contributed by atoms with van der Waals surface area (Å²) < 4.78 is 6.80. The van der Waals surface area contributed by atoms with Gasteiger partial charge in [0.15, 0.2) is 5.82 Å². The fraction of sp³-hybridized carbons (Fsp3) is 0.333. The number of ether oxygens (including phenoxy) is 1. The van der Waals surface area contributed by atoms with Crippen molar-refractivity contribution in [2.24, 2.45) is 7.05 Å². The predicted octanol–water partition coefficient (Wildman–Crippen LogP) is 1.56. The van der Waals surface area contributed by atoms with Gasteiger partial charge in [-0.25, -0.2) is 9.48 Å². The molecule has 0 unspecified atom stereocenters. The molecule has 1 aromatic carbocycles. The van der Waals surface area contributed by atoms with Crippen molar-refractivity contribution in [3.05, 3.63) is 34.7 Å². The molecule has 1 aromatic heterocycles. The lowest BCUT2D eigenvalue weighted by Crippen LogP contribution is -2.13. The van der Waals surface area contributed by atoms with Gasteiger partial charge in [0.05, 0.1) is 6.61 Å². The van der Waals surface area contributed by atoms with E-state index in [0.29, 0.717) is 12.4 Å². The van der Waals surface area contributed by atoms with Crippen LogP contribution in [0.3, 0.4) is 0 Å². The number of benzene rings is 1. The highest BCUT2D eigenvalue weighted by atomic mass is 16.5.